The average Bonchev–Trinajstić information content (AvgIpc) is 3.48. The van der Waals surface area contributed by atoms with Gasteiger partial charge in [0.25, 0.3) is 10.1 Å². The monoisotopic (exact) mass is 663 g/mol. The second-order valence-corrected chi connectivity index (χ2v) is 14.8. The summed E-state index contributed by atoms with van der Waals surface area (Å²) in [5.41, 5.74) is 5.97. The lowest BCUT2D eigenvalue weighted by atomic mass is 9.90. The first-order valence-corrected chi connectivity index (χ1v) is 17.7. The number of fused-ring (bicyclic) bond motifs is 1. The number of ketones is 1. The van der Waals surface area contributed by atoms with Crippen LogP contribution in [-0.4, -0.2) is 30.4 Å². The summed E-state index contributed by atoms with van der Waals surface area (Å²) < 4.78 is 36.9. The Morgan fingerprint density at radius 1 is 0.854 bits per heavy atom. The highest BCUT2D eigenvalue weighted by atomic mass is 32.2. The van der Waals surface area contributed by atoms with Gasteiger partial charge in [0.15, 0.2) is 5.78 Å². The molecule has 5 rings (SSSR count). The molecule has 1 amide bonds. The van der Waals surface area contributed by atoms with Crippen molar-refractivity contribution in [2.75, 3.05) is 11.1 Å². The zero-order valence-electron chi connectivity index (χ0n) is 27.5. The molecule has 1 unspecified atom stereocenters. The molecule has 0 aliphatic heterocycles. The van der Waals surface area contributed by atoms with E-state index >= 15 is 0 Å². The van der Waals surface area contributed by atoms with Crippen LogP contribution < -0.4 is 5.32 Å². The predicted octanol–water partition coefficient (Wildman–Crippen LogP) is 9.05. The quantitative estimate of drug-likeness (QED) is 0.0960. The van der Waals surface area contributed by atoms with Crippen molar-refractivity contribution in [2.24, 2.45) is 11.3 Å². The number of furan rings is 1. The number of hydrogen-bond acceptors (Lipinski definition) is 5. The molecule has 0 saturated carbocycles. The van der Waals surface area contributed by atoms with Crippen molar-refractivity contribution in [1.82, 2.24) is 0 Å². The van der Waals surface area contributed by atoms with Crippen LogP contribution in [0.3, 0.4) is 0 Å². The van der Waals surface area contributed by atoms with Gasteiger partial charge in [0, 0.05) is 34.5 Å². The molecule has 2 N–H and O–H groups in total. The molecule has 1 heterocycles. The zero-order chi connectivity index (χ0) is 34.3. The number of allylic oxidation sites excluding steroid dienone is 1. The molecule has 0 fully saturated rings. The van der Waals surface area contributed by atoms with Gasteiger partial charge in [-0.25, -0.2) is 0 Å². The molecule has 248 valence electrons. The van der Waals surface area contributed by atoms with Crippen molar-refractivity contribution >= 4 is 44.5 Å². The lowest BCUT2D eigenvalue weighted by molar-refractivity contribution is -0.119. The molecule has 4 aromatic carbocycles. The maximum absolute atomic E-state index is 13.8. The van der Waals surface area contributed by atoms with Crippen molar-refractivity contribution in [1.29, 1.82) is 0 Å². The summed E-state index contributed by atoms with van der Waals surface area (Å²) in [5.74, 6) is -0.412. The summed E-state index contributed by atoms with van der Waals surface area (Å²) in [7, 11) is -4.11. The summed E-state index contributed by atoms with van der Waals surface area (Å²) >= 11 is 0. The third kappa shape index (κ3) is 10.1. The highest BCUT2D eigenvalue weighted by Gasteiger charge is 2.21. The smallest absolute Gasteiger partial charge is 0.264 e. The molecule has 5 aromatic rings. The number of Topliss-reactive ketones (excluding diaryl/α,β-unsaturated/α-hetero) is 1. The number of carbonyl (C=O) groups is 2. The number of carbonyl (C=O) groups excluding carboxylic acids is 2. The third-order valence-corrected chi connectivity index (χ3v) is 8.84. The van der Waals surface area contributed by atoms with E-state index < -0.39 is 21.8 Å². The fourth-order valence-electron chi connectivity index (χ4n) is 5.41. The topological polar surface area (TPSA) is 114 Å². The molecule has 1 atom stereocenters. The van der Waals surface area contributed by atoms with Crippen LogP contribution in [0.5, 0.6) is 0 Å². The van der Waals surface area contributed by atoms with Crippen molar-refractivity contribution in [3.63, 3.8) is 0 Å². The van der Waals surface area contributed by atoms with Gasteiger partial charge in [0.2, 0.25) is 5.91 Å². The maximum atomic E-state index is 13.8. The van der Waals surface area contributed by atoms with E-state index in [2.05, 4.69) is 62.5 Å². The van der Waals surface area contributed by atoms with Gasteiger partial charge in [0.05, 0.1) is 5.75 Å². The standard InChI is InChI=1S/C40H41NO6S/c1-40(2,3)23-22-28-10-12-29(13-11-28)25-34(26-30-14-16-31(17-15-30)36(42)8-6-24-48(44,45)46)39(43)41-35-20-18-32(19-21-35)38-27-33-7-4-5-9-37(33)47-38/h4-5,7,9-23,27,34H,6,8,24-26H2,1-3H3,(H,41,43)(H,44,45,46)/b23-22+. The number of nitrogens with one attached hydrogen (secondary N) is 1. The molecule has 0 radical (unpaired) electrons. The van der Waals surface area contributed by atoms with E-state index in [1.54, 1.807) is 12.1 Å². The van der Waals surface area contributed by atoms with Gasteiger partial charge in [0.1, 0.15) is 11.3 Å². The second kappa shape index (κ2) is 15.0. The van der Waals surface area contributed by atoms with Crippen LogP contribution in [0.25, 0.3) is 28.4 Å². The Morgan fingerprint density at radius 2 is 1.48 bits per heavy atom. The van der Waals surface area contributed by atoms with Gasteiger partial charge in [-0.3, -0.25) is 14.1 Å². The fourth-order valence-corrected chi connectivity index (χ4v) is 5.92. The van der Waals surface area contributed by atoms with Crippen LogP contribution in [0.2, 0.25) is 0 Å². The summed E-state index contributed by atoms with van der Waals surface area (Å²) in [5, 5.41) is 4.12. The Kier molecular flexibility index (Phi) is 10.8. The zero-order valence-corrected chi connectivity index (χ0v) is 28.3. The minimum Gasteiger partial charge on any atom is -0.456 e. The maximum Gasteiger partial charge on any atom is 0.264 e. The lowest BCUT2D eigenvalue weighted by Gasteiger charge is -2.18. The predicted molar refractivity (Wildman–Crippen MR) is 193 cm³/mol. The van der Waals surface area contributed by atoms with Gasteiger partial charge >= 0.3 is 0 Å². The highest BCUT2D eigenvalue weighted by molar-refractivity contribution is 7.85. The lowest BCUT2D eigenvalue weighted by Crippen LogP contribution is -2.26. The molecule has 0 aliphatic rings. The fraction of sp³-hybridized carbons (Fsp3) is 0.250. The molecule has 7 nitrogen and oxygen atoms in total. The van der Waals surface area contributed by atoms with Crippen LogP contribution in [-0.2, 0) is 27.8 Å². The summed E-state index contributed by atoms with van der Waals surface area (Å²) in [6, 6.07) is 32.8. The van der Waals surface area contributed by atoms with Gasteiger partial charge in [-0.1, -0.05) is 99.7 Å². The number of hydrogen-bond donors (Lipinski definition) is 2. The molecule has 48 heavy (non-hydrogen) atoms. The first-order valence-electron chi connectivity index (χ1n) is 16.1. The normalized spacial score (nSPS) is 12.8. The average molecular weight is 664 g/mol. The Labute approximate surface area is 282 Å². The minimum atomic E-state index is -4.11. The second-order valence-electron chi connectivity index (χ2n) is 13.3. The molecule has 0 bridgehead atoms. The van der Waals surface area contributed by atoms with Crippen molar-refractivity contribution in [2.45, 2.75) is 46.5 Å². The Morgan fingerprint density at radius 3 is 2.08 bits per heavy atom. The first-order chi connectivity index (χ1) is 22.8. The molecule has 0 spiro atoms. The highest BCUT2D eigenvalue weighted by Crippen LogP contribution is 2.29. The molecule has 0 saturated heterocycles. The number of para-hydroxylation sites is 1. The van der Waals surface area contributed by atoms with Crippen LogP contribution >= 0.6 is 0 Å². The SMILES string of the molecule is CC(C)(C)/C=C/c1ccc(CC(Cc2ccc(C(=O)CCCS(=O)(=O)O)cc2)C(=O)Nc2ccc(-c3cc4ccccc4o3)cc2)cc1. The van der Waals surface area contributed by atoms with Gasteiger partial charge in [-0.05, 0) is 77.8 Å². The molecular weight excluding hydrogens is 623 g/mol. The minimum absolute atomic E-state index is 0.0141. The van der Waals surface area contributed by atoms with E-state index in [-0.39, 0.29) is 29.9 Å². The molecule has 0 aliphatic carbocycles. The number of rotatable bonds is 13. The first kappa shape index (κ1) is 34.5. The van der Waals surface area contributed by atoms with E-state index in [0.717, 1.165) is 39.0 Å². The van der Waals surface area contributed by atoms with E-state index in [4.69, 9.17) is 8.97 Å². The summed E-state index contributed by atoms with van der Waals surface area (Å²) in [6.07, 6.45) is 5.30. The van der Waals surface area contributed by atoms with Crippen LogP contribution in [0.15, 0.2) is 114 Å². The van der Waals surface area contributed by atoms with E-state index in [1.165, 1.54) is 0 Å². The van der Waals surface area contributed by atoms with Crippen molar-refractivity contribution in [3.8, 4) is 11.3 Å². The van der Waals surface area contributed by atoms with Crippen LogP contribution in [0.4, 0.5) is 5.69 Å². The third-order valence-electron chi connectivity index (χ3n) is 8.04. The molecular formula is C40H41NO6S. The van der Waals surface area contributed by atoms with Gasteiger partial charge < -0.3 is 9.73 Å². The number of amides is 1. The largest absolute Gasteiger partial charge is 0.456 e. The van der Waals surface area contributed by atoms with Crippen LogP contribution in [0.1, 0.15) is 60.7 Å². The van der Waals surface area contributed by atoms with Gasteiger partial charge in [-0.2, -0.15) is 8.42 Å². The summed E-state index contributed by atoms with van der Waals surface area (Å²) in [6.45, 7) is 6.46. The van der Waals surface area contributed by atoms with Crippen LogP contribution in [0, 0.1) is 11.3 Å². The number of anilines is 1. The van der Waals surface area contributed by atoms with E-state index in [1.807, 2.05) is 66.7 Å². The van der Waals surface area contributed by atoms with Crippen molar-refractivity contribution in [3.05, 3.63) is 131 Å². The molecule has 1 aromatic heterocycles. The number of benzene rings is 4. The van der Waals surface area contributed by atoms with Crippen molar-refractivity contribution < 1.29 is 27.0 Å². The van der Waals surface area contributed by atoms with E-state index in [9.17, 15) is 18.0 Å². The Bertz CT molecular complexity index is 1970. The van der Waals surface area contributed by atoms with E-state index in [0.29, 0.717) is 24.1 Å². The Balaban J connectivity index is 1.30. The Hall–Kier alpha value is -4.79. The molecule has 8 heteroatoms. The summed E-state index contributed by atoms with van der Waals surface area (Å²) in [4.78, 5) is 26.3. The van der Waals surface area contributed by atoms with Gasteiger partial charge in [-0.15, -0.1) is 0 Å².